The highest BCUT2D eigenvalue weighted by atomic mass is 19.4. The van der Waals surface area contributed by atoms with Crippen LogP contribution in [0.3, 0.4) is 0 Å². The van der Waals surface area contributed by atoms with Crippen LogP contribution in [0.25, 0.3) is 0 Å². The number of amides is 1. The SMILES string of the molecule is CNC(=O)CCN1C[C@H](O)C[C@H]1c1ccccc1C(F)(F)F. The summed E-state index contributed by atoms with van der Waals surface area (Å²) in [6.45, 7) is 0.585. The summed E-state index contributed by atoms with van der Waals surface area (Å²) in [6, 6.07) is 4.88. The number of halogens is 3. The number of β-amino-alcohol motifs (C(OH)–C–C–N with tert-alkyl or cyclic N) is 1. The number of benzene rings is 1. The lowest BCUT2D eigenvalue weighted by molar-refractivity contribution is -0.138. The van der Waals surface area contributed by atoms with Crippen molar-refractivity contribution in [3.63, 3.8) is 0 Å². The molecule has 1 aliphatic heterocycles. The van der Waals surface area contributed by atoms with E-state index in [0.29, 0.717) is 6.54 Å². The fourth-order valence-corrected chi connectivity index (χ4v) is 2.87. The van der Waals surface area contributed by atoms with Gasteiger partial charge in [-0.05, 0) is 18.1 Å². The highest BCUT2D eigenvalue weighted by Gasteiger charge is 2.39. The molecule has 1 aromatic carbocycles. The molecule has 2 rings (SSSR count). The average Bonchev–Trinajstić information content (AvgIpc) is 2.84. The van der Waals surface area contributed by atoms with Crippen LogP contribution in [0.4, 0.5) is 13.2 Å². The average molecular weight is 316 g/mol. The monoisotopic (exact) mass is 316 g/mol. The van der Waals surface area contributed by atoms with E-state index in [1.165, 1.54) is 19.2 Å². The zero-order valence-corrected chi connectivity index (χ0v) is 12.2. The largest absolute Gasteiger partial charge is 0.416 e. The molecule has 1 fully saturated rings. The first-order valence-corrected chi connectivity index (χ1v) is 7.11. The summed E-state index contributed by atoms with van der Waals surface area (Å²) in [5.41, 5.74) is -0.525. The van der Waals surface area contributed by atoms with Crippen LogP contribution in [-0.2, 0) is 11.0 Å². The summed E-state index contributed by atoms with van der Waals surface area (Å²) in [6.07, 6.45) is -4.69. The second kappa shape index (κ2) is 6.66. The first-order valence-electron chi connectivity index (χ1n) is 7.11. The Morgan fingerprint density at radius 2 is 2.09 bits per heavy atom. The first-order chi connectivity index (χ1) is 10.3. The molecule has 122 valence electrons. The van der Waals surface area contributed by atoms with Gasteiger partial charge < -0.3 is 10.4 Å². The van der Waals surface area contributed by atoms with E-state index in [1.807, 2.05) is 0 Å². The van der Waals surface area contributed by atoms with Crippen LogP contribution in [0.15, 0.2) is 24.3 Å². The van der Waals surface area contributed by atoms with Crippen molar-refractivity contribution in [2.45, 2.75) is 31.2 Å². The maximum Gasteiger partial charge on any atom is 0.416 e. The third-order valence-corrected chi connectivity index (χ3v) is 3.91. The van der Waals surface area contributed by atoms with Crippen LogP contribution in [0, 0.1) is 0 Å². The summed E-state index contributed by atoms with van der Waals surface area (Å²) in [4.78, 5) is 13.1. The van der Waals surface area contributed by atoms with E-state index < -0.39 is 23.9 Å². The van der Waals surface area contributed by atoms with E-state index in [1.54, 1.807) is 11.0 Å². The smallest absolute Gasteiger partial charge is 0.392 e. The van der Waals surface area contributed by atoms with Gasteiger partial charge >= 0.3 is 6.18 Å². The van der Waals surface area contributed by atoms with Gasteiger partial charge in [-0.3, -0.25) is 9.69 Å². The van der Waals surface area contributed by atoms with Gasteiger partial charge in [-0.2, -0.15) is 13.2 Å². The Morgan fingerprint density at radius 1 is 1.41 bits per heavy atom. The van der Waals surface area contributed by atoms with Gasteiger partial charge in [0, 0.05) is 32.6 Å². The molecule has 0 saturated carbocycles. The molecule has 1 saturated heterocycles. The lowest BCUT2D eigenvalue weighted by atomic mass is 9.97. The normalized spacial score (nSPS) is 22.8. The van der Waals surface area contributed by atoms with Crippen molar-refractivity contribution in [3.05, 3.63) is 35.4 Å². The minimum Gasteiger partial charge on any atom is -0.392 e. The Balaban J connectivity index is 2.24. The Bertz CT molecular complexity index is 534. The van der Waals surface area contributed by atoms with Gasteiger partial charge in [0.1, 0.15) is 0 Å². The van der Waals surface area contributed by atoms with Crippen molar-refractivity contribution >= 4 is 5.91 Å². The molecule has 1 aromatic rings. The zero-order chi connectivity index (χ0) is 16.3. The number of carbonyl (C=O) groups excluding carboxylic acids is 1. The number of nitrogens with zero attached hydrogens (tertiary/aromatic N) is 1. The molecule has 2 atom stereocenters. The van der Waals surface area contributed by atoms with E-state index in [9.17, 15) is 23.1 Å². The Morgan fingerprint density at radius 3 is 2.73 bits per heavy atom. The standard InChI is InChI=1S/C15H19F3N2O2/c1-19-14(22)6-7-20-9-10(21)8-13(20)11-4-2-3-5-12(11)15(16,17)18/h2-5,10,13,21H,6-9H2,1H3,(H,19,22)/t10-,13+/m1/s1. The van der Waals surface area contributed by atoms with Crippen molar-refractivity contribution in [3.8, 4) is 0 Å². The van der Waals surface area contributed by atoms with Gasteiger partial charge in [0.15, 0.2) is 0 Å². The molecule has 0 aromatic heterocycles. The molecule has 2 N–H and O–H groups in total. The molecule has 1 amide bonds. The van der Waals surface area contributed by atoms with Crippen molar-refractivity contribution in [1.29, 1.82) is 0 Å². The molecule has 0 radical (unpaired) electrons. The number of hydrogen-bond acceptors (Lipinski definition) is 3. The maximum atomic E-state index is 13.1. The van der Waals surface area contributed by atoms with Crippen molar-refractivity contribution in [2.24, 2.45) is 0 Å². The topological polar surface area (TPSA) is 52.6 Å². The second-order valence-corrected chi connectivity index (χ2v) is 5.41. The van der Waals surface area contributed by atoms with Crippen LogP contribution in [0.5, 0.6) is 0 Å². The van der Waals surface area contributed by atoms with Crippen molar-refractivity contribution in [2.75, 3.05) is 20.1 Å². The minimum absolute atomic E-state index is 0.156. The van der Waals surface area contributed by atoms with Gasteiger partial charge in [0.05, 0.1) is 11.7 Å². The number of likely N-dealkylation sites (tertiary alicyclic amines) is 1. The van der Waals surface area contributed by atoms with Gasteiger partial charge in [-0.15, -0.1) is 0 Å². The van der Waals surface area contributed by atoms with Crippen molar-refractivity contribution in [1.82, 2.24) is 10.2 Å². The second-order valence-electron chi connectivity index (χ2n) is 5.41. The number of carbonyl (C=O) groups is 1. The lowest BCUT2D eigenvalue weighted by Crippen LogP contribution is -2.31. The highest BCUT2D eigenvalue weighted by molar-refractivity contribution is 5.75. The van der Waals surface area contributed by atoms with Gasteiger partial charge in [0.25, 0.3) is 0 Å². The van der Waals surface area contributed by atoms with Gasteiger partial charge in [-0.25, -0.2) is 0 Å². The number of alkyl halides is 3. The predicted octanol–water partition coefficient (Wildman–Crippen LogP) is 1.95. The minimum atomic E-state index is -4.43. The number of nitrogens with one attached hydrogen (secondary N) is 1. The van der Waals surface area contributed by atoms with E-state index in [2.05, 4.69) is 5.32 Å². The molecular formula is C15H19F3N2O2. The first kappa shape index (κ1) is 16.8. The number of aliphatic hydroxyl groups excluding tert-OH is 1. The Hall–Kier alpha value is -1.60. The molecule has 4 nitrogen and oxygen atoms in total. The Labute approximate surface area is 126 Å². The van der Waals surface area contributed by atoms with E-state index >= 15 is 0 Å². The Kier molecular flexibility index (Phi) is 5.08. The predicted molar refractivity (Wildman–Crippen MR) is 75.1 cm³/mol. The van der Waals surface area contributed by atoms with Crippen LogP contribution in [0.2, 0.25) is 0 Å². The number of hydrogen-bond donors (Lipinski definition) is 2. The summed E-state index contributed by atoms with van der Waals surface area (Å²) in [7, 11) is 1.51. The maximum absolute atomic E-state index is 13.1. The number of rotatable bonds is 4. The summed E-state index contributed by atoms with van der Waals surface area (Å²) < 4.78 is 39.4. The quantitative estimate of drug-likeness (QED) is 0.893. The molecule has 0 bridgehead atoms. The van der Waals surface area contributed by atoms with E-state index in [0.717, 1.165) is 6.07 Å². The highest BCUT2D eigenvalue weighted by Crippen LogP contribution is 2.40. The molecule has 7 heteroatoms. The third-order valence-electron chi connectivity index (χ3n) is 3.91. The number of aliphatic hydroxyl groups is 1. The van der Waals surface area contributed by atoms with Gasteiger partial charge in [-0.1, -0.05) is 18.2 Å². The van der Waals surface area contributed by atoms with E-state index in [4.69, 9.17) is 0 Å². The van der Waals surface area contributed by atoms with Crippen molar-refractivity contribution < 1.29 is 23.1 Å². The molecule has 1 heterocycles. The summed E-state index contributed by atoms with van der Waals surface area (Å²) in [5.74, 6) is -0.177. The lowest BCUT2D eigenvalue weighted by Gasteiger charge is -2.26. The fraction of sp³-hybridized carbons (Fsp3) is 0.533. The summed E-state index contributed by atoms with van der Waals surface area (Å²) >= 11 is 0. The molecular weight excluding hydrogens is 297 g/mol. The summed E-state index contributed by atoms with van der Waals surface area (Å²) in [5, 5.41) is 12.3. The fourth-order valence-electron chi connectivity index (χ4n) is 2.87. The zero-order valence-electron chi connectivity index (χ0n) is 12.2. The van der Waals surface area contributed by atoms with Crippen LogP contribution < -0.4 is 5.32 Å². The van der Waals surface area contributed by atoms with E-state index in [-0.39, 0.29) is 30.9 Å². The van der Waals surface area contributed by atoms with Gasteiger partial charge in [0.2, 0.25) is 5.91 Å². The molecule has 0 spiro atoms. The van der Waals surface area contributed by atoms with Crippen LogP contribution >= 0.6 is 0 Å². The van der Waals surface area contributed by atoms with Crippen LogP contribution in [0.1, 0.15) is 30.0 Å². The molecule has 1 aliphatic rings. The van der Waals surface area contributed by atoms with Crippen LogP contribution in [-0.4, -0.2) is 42.2 Å². The molecule has 22 heavy (non-hydrogen) atoms. The molecule has 0 unspecified atom stereocenters. The third kappa shape index (κ3) is 3.78. The molecule has 0 aliphatic carbocycles.